The average molecular weight is 720 g/mol. The summed E-state index contributed by atoms with van der Waals surface area (Å²) in [6.07, 6.45) is 10.6. The molecule has 0 radical (unpaired) electrons. The first-order valence-electron chi connectivity index (χ1n) is 18.5. The molecule has 280 valence electrons. The number of pyridine rings is 1. The van der Waals surface area contributed by atoms with Crippen LogP contribution in [0.5, 0.6) is 5.88 Å². The van der Waals surface area contributed by atoms with Gasteiger partial charge in [0.2, 0.25) is 11.8 Å². The van der Waals surface area contributed by atoms with Crippen molar-refractivity contribution in [2.45, 2.75) is 58.6 Å². The average Bonchev–Trinajstić information content (AvgIpc) is 3.87. The lowest BCUT2D eigenvalue weighted by Gasteiger charge is -2.25. The highest BCUT2D eigenvalue weighted by Crippen LogP contribution is 2.28. The number of anilines is 2. The van der Waals surface area contributed by atoms with Gasteiger partial charge in [-0.25, -0.2) is 9.98 Å². The van der Waals surface area contributed by atoms with Crippen LogP contribution in [0.4, 0.5) is 11.4 Å². The summed E-state index contributed by atoms with van der Waals surface area (Å²) in [5.74, 6) is 0.914. The van der Waals surface area contributed by atoms with Crippen molar-refractivity contribution in [1.82, 2.24) is 14.8 Å². The van der Waals surface area contributed by atoms with E-state index in [1.54, 1.807) is 41.7 Å². The summed E-state index contributed by atoms with van der Waals surface area (Å²) < 4.78 is 5.57. The Labute approximate surface area is 313 Å². The van der Waals surface area contributed by atoms with Crippen molar-refractivity contribution in [3.05, 3.63) is 89.1 Å². The van der Waals surface area contributed by atoms with Crippen LogP contribution in [0, 0.1) is 11.3 Å². The van der Waals surface area contributed by atoms with E-state index in [2.05, 4.69) is 45.1 Å². The van der Waals surface area contributed by atoms with Crippen LogP contribution >= 0.6 is 0 Å². The van der Waals surface area contributed by atoms with Crippen LogP contribution in [-0.4, -0.2) is 103 Å². The monoisotopic (exact) mass is 719 g/mol. The predicted molar refractivity (Wildman–Crippen MR) is 214 cm³/mol. The molecule has 12 nitrogen and oxygen atoms in total. The number of nitrogens with two attached hydrogens (primary N) is 2. The number of amidine groups is 1. The number of likely N-dealkylation sites (N-methyl/N-ethyl adjacent to an activating group) is 1. The Morgan fingerprint density at radius 1 is 1.09 bits per heavy atom. The number of ether oxygens (including phenoxy) is 1. The number of carbonyl (C=O) groups excluding carboxylic acids is 2. The van der Waals surface area contributed by atoms with Gasteiger partial charge in [-0.05, 0) is 95.4 Å². The Hall–Kier alpha value is -5.20. The molecule has 1 saturated carbocycles. The largest absolute Gasteiger partial charge is 0.475 e. The molecule has 2 aromatic carbocycles. The minimum absolute atomic E-state index is 0.0167. The van der Waals surface area contributed by atoms with Crippen LogP contribution in [0.1, 0.15) is 68.7 Å². The zero-order chi connectivity index (χ0) is 37.9. The van der Waals surface area contributed by atoms with Gasteiger partial charge in [-0.3, -0.25) is 20.1 Å². The normalized spacial score (nSPS) is 18.0. The zero-order valence-corrected chi connectivity index (χ0v) is 31.4. The maximum absolute atomic E-state index is 13.2. The molecule has 1 atom stereocenters. The van der Waals surface area contributed by atoms with Crippen LogP contribution in [-0.2, 0) is 9.59 Å². The van der Waals surface area contributed by atoms with E-state index >= 15 is 0 Å². The number of nitrogens with one attached hydrogen (secondary N) is 1. The molecule has 1 aromatic heterocycles. The van der Waals surface area contributed by atoms with Crippen molar-refractivity contribution in [2.24, 2.45) is 21.6 Å². The smallest absolute Gasteiger partial charge is 0.231 e. The van der Waals surface area contributed by atoms with Gasteiger partial charge in [-0.15, -0.1) is 0 Å². The van der Waals surface area contributed by atoms with Crippen LogP contribution in [0.2, 0.25) is 0 Å². The maximum Gasteiger partial charge on any atom is 0.231 e. The Balaban J connectivity index is 0.000000222. The zero-order valence-electron chi connectivity index (χ0n) is 31.4. The molecule has 53 heavy (non-hydrogen) atoms. The number of aldehydes is 1. The predicted octanol–water partition coefficient (Wildman–Crippen LogP) is 5.04. The quantitative estimate of drug-likeness (QED) is 0.0956. The summed E-state index contributed by atoms with van der Waals surface area (Å²) in [5, 5.41) is 8.66. The number of nitrogens with zero attached hydrogens (tertiary/aromatic N) is 6. The lowest BCUT2D eigenvalue weighted by molar-refractivity contribution is -0.122. The van der Waals surface area contributed by atoms with E-state index in [1.165, 1.54) is 24.0 Å². The van der Waals surface area contributed by atoms with Gasteiger partial charge >= 0.3 is 0 Å². The molecule has 1 unspecified atom stereocenters. The molecule has 2 fully saturated rings. The van der Waals surface area contributed by atoms with Gasteiger partial charge in [0.25, 0.3) is 0 Å². The third-order valence-electron chi connectivity index (χ3n) is 9.52. The first-order chi connectivity index (χ1) is 25.6. The van der Waals surface area contributed by atoms with E-state index in [4.69, 9.17) is 21.6 Å². The van der Waals surface area contributed by atoms with Crippen molar-refractivity contribution < 1.29 is 14.3 Å². The third kappa shape index (κ3) is 10.9. The van der Waals surface area contributed by atoms with Gasteiger partial charge in [0.1, 0.15) is 18.5 Å². The number of aromatic nitrogens is 1. The molecular formula is C41H53N9O3. The van der Waals surface area contributed by atoms with E-state index < -0.39 is 0 Å². The first kappa shape index (κ1) is 39.0. The minimum Gasteiger partial charge on any atom is -0.475 e. The topological polar surface area (TPSA) is 167 Å². The summed E-state index contributed by atoms with van der Waals surface area (Å²) in [7, 11) is 2.15. The summed E-state index contributed by atoms with van der Waals surface area (Å²) in [6.45, 7) is 10.1. The summed E-state index contributed by atoms with van der Waals surface area (Å²) in [6, 6.07) is 17.7. The first-order valence-corrected chi connectivity index (χ1v) is 18.5. The number of carbonyl (C=O) groups is 2. The number of likely N-dealkylation sites (tertiary alicyclic amines) is 1. The number of hydrogen-bond acceptors (Lipinski definition) is 9. The van der Waals surface area contributed by atoms with Gasteiger partial charge in [0.15, 0.2) is 0 Å². The van der Waals surface area contributed by atoms with Gasteiger partial charge in [-0.1, -0.05) is 30.3 Å². The van der Waals surface area contributed by atoms with Gasteiger partial charge in [-0.2, -0.15) is 0 Å². The highest BCUT2D eigenvalue weighted by molar-refractivity contribution is 6.14. The minimum atomic E-state index is -0.145. The Morgan fingerprint density at radius 2 is 1.85 bits per heavy atom. The molecule has 3 aromatic rings. The number of rotatable bonds is 13. The van der Waals surface area contributed by atoms with E-state index in [0.29, 0.717) is 59.9 Å². The second kappa shape index (κ2) is 18.5. The van der Waals surface area contributed by atoms with Crippen LogP contribution in [0.3, 0.4) is 0 Å². The standard InChI is InChI=1S/C24H31N5O3.C17H22N4/c1-4-29(24(31)18-9-10-28(15-18)11-12-30)19-6-7-21(25)20(13-19)23(26)17-5-8-22(27-14-17)32-16(2)3;1-21-10-8-14(9-11-21)13-2-4-15(5-3-13)17(18)20-12-19-16-6-7-16/h5-8,12-14,16,18,26H,4,9-11,15,25H2,1-3H3;2-5,8,12,16H,6-7,9-11H2,1H3,(H2,18,19,20). The molecule has 3 aliphatic rings. The van der Waals surface area contributed by atoms with Crippen molar-refractivity contribution in [3.63, 3.8) is 0 Å². The van der Waals surface area contributed by atoms with E-state index in [9.17, 15) is 9.59 Å². The summed E-state index contributed by atoms with van der Waals surface area (Å²) >= 11 is 0. The van der Waals surface area contributed by atoms with Crippen LogP contribution in [0.25, 0.3) is 5.57 Å². The highest BCUT2D eigenvalue weighted by atomic mass is 16.5. The Kier molecular flexibility index (Phi) is 13.6. The van der Waals surface area contributed by atoms with Crippen LogP contribution in [0.15, 0.2) is 76.9 Å². The second-order valence-electron chi connectivity index (χ2n) is 14.0. The molecule has 1 amide bonds. The molecule has 2 aliphatic heterocycles. The SMILES string of the molecule is CCN(C(=O)C1CCN(CC=O)C1)c1ccc(N)c(C(=N)c2ccc(OC(C)C)nc2)c1.CN1CC=C(c2ccc(C(N)=NC=NC3CC3)cc2)CC1. The second-order valence-corrected chi connectivity index (χ2v) is 14.0. The lowest BCUT2D eigenvalue weighted by Crippen LogP contribution is -2.37. The molecule has 0 bridgehead atoms. The fourth-order valence-corrected chi connectivity index (χ4v) is 6.29. The number of amides is 1. The highest BCUT2D eigenvalue weighted by Gasteiger charge is 2.31. The van der Waals surface area contributed by atoms with Crippen molar-refractivity contribution in [3.8, 4) is 5.88 Å². The van der Waals surface area contributed by atoms with Crippen molar-refractivity contribution >= 4 is 47.0 Å². The van der Waals surface area contributed by atoms with Gasteiger partial charge in [0, 0.05) is 66.5 Å². The molecule has 5 N–H and O–H groups in total. The van der Waals surface area contributed by atoms with E-state index in [1.807, 2.05) is 43.9 Å². The molecule has 3 heterocycles. The number of benzene rings is 2. The van der Waals surface area contributed by atoms with E-state index in [-0.39, 0.29) is 23.6 Å². The molecule has 6 rings (SSSR count). The van der Waals surface area contributed by atoms with Crippen molar-refractivity contribution in [1.29, 1.82) is 5.41 Å². The van der Waals surface area contributed by atoms with Crippen LogP contribution < -0.4 is 21.1 Å². The number of hydrogen-bond donors (Lipinski definition) is 3. The maximum atomic E-state index is 13.2. The van der Waals surface area contributed by atoms with Gasteiger partial charge in [0.05, 0.1) is 30.3 Å². The molecule has 1 aliphatic carbocycles. The van der Waals surface area contributed by atoms with Crippen molar-refractivity contribution in [2.75, 3.05) is 56.9 Å². The Bertz CT molecular complexity index is 1810. The number of nitrogen functional groups attached to an aromatic ring is 1. The van der Waals surface area contributed by atoms with Gasteiger partial charge < -0.3 is 30.8 Å². The fourth-order valence-electron chi connectivity index (χ4n) is 6.29. The number of aliphatic imine (C=N–C) groups is 2. The summed E-state index contributed by atoms with van der Waals surface area (Å²) in [4.78, 5) is 42.8. The lowest BCUT2D eigenvalue weighted by atomic mass is 9.98. The Morgan fingerprint density at radius 3 is 2.47 bits per heavy atom. The summed E-state index contributed by atoms with van der Waals surface area (Å²) in [5.41, 5.74) is 18.4. The molecule has 1 saturated heterocycles. The van der Waals surface area contributed by atoms with E-state index in [0.717, 1.165) is 44.3 Å². The molecule has 0 spiro atoms. The molecular weight excluding hydrogens is 667 g/mol. The molecule has 12 heteroatoms. The third-order valence-corrected chi connectivity index (χ3v) is 9.52. The fraction of sp³-hybridized carbons (Fsp3) is 0.415.